The second-order valence-electron chi connectivity index (χ2n) is 13.3. The lowest BCUT2D eigenvalue weighted by Crippen LogP contribution is -2.43. The smallest absolute Gasteiger partial charge is 0.408 e. The Morgan fingerprint density at radius 2 is 0.810 bits per heavy atom. The molecule has 5 N–H and O–H groups in total. The predicted molar refractivity (Wildman–Crippen MR) is 211 cm³/mol. The van der Waals surface area contributed by atoms with Gasteiger partial charge < -0.3 is 83.1 Å². The van der Waals surface area contributed by atoms with E-state index in [0.717, 1.165) is 0 Å². The van der Waals surface area contributed by atoms with Gasteiger partial charge in [0.15, 0.2) is 0 Å². The fourth-order valence-corrected chi connectivity index (χ4v) is 4.27. The minimum Gasteiger partial charge on any atom is -0.480 e. The van der Waals surface area contributed by atoms with Crippen molar-refractivity contribution in [3.05, 3.63) is 0 Å². The minimum atomic E-state index is -1.14. The number of nitrogens with two attached hydrogens (primary N) is 1. The second-order valence-corrected chi connectivity index (χ2v) is 13.3. The highest BCUT2D eigenvalue weighted by atomic mass is 16.6. The van der Waals surface area contributed by atoms with Crippen molar-refractivity contribution >= 4 is 18.0 Å². The van der Waals surface area contributed by atoms with Crippen molar-refractivity contribution in [2.75, 3.05) is 172 Å². The summed E-state index contributed by atoms with van der Waals surface area (Å²) in [6.07, 6.45) is 0.723. The number of hydrogen-bond donors (Lipinski definition) is 4. The van der Waals surface area contributed by atoms with Crippen LogP contribution < -0.4 is 16.4 Å². The van der Waals surface area contributed by atoms with Crippen molar-refractivity contribution in [1.29, 1.82) is 0 Å². The summed E-state index contributed by atoms with van der Waals surface area (Å²) in [5.74, 6) is -1.30. The molecule has 2 amide bonds. The highest BCUT2D eigenvalue weighted by Crippen LogP contribution is 2.08. The van der Waals surface area contributed by atoms with Gasteiger partial charge in [0.2, 0.25) is 5.91 Å². The molecule has 0 saturated carbocycles. The maximum Gasteiger partial charge on any atom is 0.408 e. The Bertz CT molecular complexity index is 933. The molecule has 0 radical (unpaired) electrons. The lowest BCUT2D eigenvalue weighted by molar-refractivity contribution is -0.139. The number of unbranched alkanes of at least 4 members (excludes halogenated alkanes) is 1. The number of carbonyl (C=O) groups is 3. The summed E-state index contributed by atoms with van der Waals surface area (Å²) in [5, 5.41) is 14.4. The van der Waals surface area contributed by atoms with E-state index in [1.165, 1.54) is 0 Å². The number of ether oxygens (including phenoxy) is 13. The molecule has 0 spiro atoms. The average Bonchev–Trinajstić information content (AvgIpc) is 3.17. The first-order valence-electron chi connectivity index (χ1n) is 20.3. The summed E-state index contributed by atoms with van der Waals surface area (Å²) in [7, 11) is 0. The third-order valence-electron chi connectivity index (χ3n) is 7.06. The molecular weight excluding hydrogens is 770 g/mol. The van der Waals surface area contributed by atoms with Gasteiger partial charge in [-0.1, -0.05) is 0 Å². The van der Waals surface area contributed by atoms with Gasteiger partial charge in [-0.05, 0) is 40.0 Å². The highest BCUT2D eigenvalue weighted by molar-refractivity contribution is 5.80. The Morgan fingerprint density at radius 1 is 0.500 bits per heavy atom. The van der Waals surface area contributed by atoms with Crippen LogP contribution in [0.4, 0.5) is 4.79 Å². The maximum atomic E-state index is 12.0. The fraction of sp³-hybridized carbons (Fsp3) is 0.921. The van der Waals surface area contributed by atoms with Crippen LogP contribution >= 0.6 is 0 Å². The van der Waals surface area contributed by atoms with Crippen molar-refractivity contribution in [3.8, 4) is 0 Å². The van der Waals surface area contributed by atoms with Crippen LogP contribution in [-0.4, -0.2) is 206 Å². The molecule has 20 nitrogen and oxygen atoms in total. The molecule has 344 valence electrons. The largest absolute Gasteiger partial charge is 0.480 e. The van der Waals surface area contributed by atoms with E-state index in [1.54, 1.807) is 20.8 Å². The van der Waals surface area contributed by atoms with E-state index in [4.69, 9.17) is 67.3 Å². The van der Waals surface area contributed by atoms with Crippen LogP contribution in [0.2, 0.25) is 0 Å². The number of carboxylic acid groups (broad SMARTS) is 1. The molecule has 0 unspecified atom stereocenters. The predicted octanol–water partition coefficient (Wildman–Crippen LogP) is 0.799. The van der Waals surface area contributed by atoms with Crippen molar-refractivity contribution in [2.45, 2.75) is 58.1 Å². The molecule has 0 aliphatic rings. The molecule has 0 aliphatic carbocycles. The van der Waals surface area contributed by atoms with Crippen molar-refractivity contribution in [1.82, 2.24) is 10.6 Å². The minimum absolute atomic E-state index is 0.160. The van der Waals surface area contributed by atoms with Gasteiger partial charge in [-0.25, -0.2) is 9.59 Å². The first-order valence-corrected chi connectivity index (χ1v) is 20.3. The first-order chi connectivity index (χ1) is 28.2. The number of amides is 2. The Kier molecular flexibility index (Phi) is 41.1. The highest BCUT2D eigenvalue weighted by Gasteiger charge is 2.23. The number of nitrogens with one attached hydrogen (secondary N) is 2. The summed E-state index contributed by atoms with van der Waals surface area (Å²) in [6.45, 7) is 17.2. The van der Waals surface area contributed by atoms with Gasteiger partial charge in [0.25, 0.3) is 0 Å². The van der Waals surface area contributed by atoms with Crippen LogP contribution in [0.15, 0.2) is 0 Å². The molecule has 0 aromatic carbocycles. The van der Waals surface area contributed by atoms with E-state index < -0.39 is 23.7 Å². The van der Waals surface area contributed by atoms with Gasteiger partial charge in [-0.3, -0.25) is 4.79 Å². The van der Waals surface area contributed by atoms with Crippen LogP contribution in [0, 0.1) is 0 Å². The number of alkyl carbamates (subject to hydrolysis) is 1. The molecule has 0 aromatic heterocycles. The molecule has 0 fully saturated rings. The molecule has 20 heteroatoms. The van der Waals surface area contributed by atoms with E-state index in [9.17, 15) is 19.5 Å². The Morgan fingerprint density at radius 3 is 1.10 bits per heavy atom. The standard InChI is InChI=1S/C38H75N3O17/c1-38(2,3)58-37(45)41-34(36(43)44)6-4-5-9-40-35(42)7-10-46-12-14-48-16-18-50-20-22-52-24-26-54-28-30-56-32-33-57-31-29-55-27-25-53-23-21-51-19-17-49-15-13-47-11-8-39/h34H,4-33,39H2,1-3H3,(H,40,42)(H,41,45)(H,43,44)/t34-/m0/s1. The SMILES string of the molecule is CC(C)(C)OC(=O)N[C@@H](CCCCNC(=O)CCOCCOCCOCCOCCOCCOCCOCCOCCOCCOCCOCCOCCN)C(=O)O. The number of carboxylic acids is 1. The van der Waals surface area contributed by atoms with Crippen LogP contribution in [-0.2, 0) is 71.2 Å². The number of aliphatic carboxylic acids is 1. The zero-order valence-electron chi connectivity index (χ0n) is 35.3. The molecule has 58 heavy (non-hydrogen) atoms. The fourth-order valence-electron chi connectivity index (χ4n) is 4.27. The van der Waals surface area contributed by atoms with E-state index in [-0.39, 0.29) is 25.4 Å². The van der Waals surface area contributed by atoms with Crippen LogP contribution in [0.1, 0.15) is 46.5 Å². The lowest BCUT2D eigenvalue weighted by atomic mass is 10.1. The summed E-state index contributed by atoms with van der Waals surface area (Å²) in [5.41, 5.74) is 4.61. The monoisotopic (exact) mass is 846 g/mol. The quantitative estimate of drug-likeness (QED) is 0.0620. The van der Waals surface area contributed by atoms with E-state index in [1.807, 2.05) is 0 Å². The lowest BCUT2D eigenvalue weighted by Gasteiger charge is -2.22. The molecule has 0 aromatic rings. The molecule has 0 heterocycles. The summed E-state index contributed by atoms with van der Waals surface area (Å²) >= 11 is 0. The summed E-state index contributed by atoms with van der Waals surface area (Å²) in [6, 6.07) is -1.06. The molecule has 0 saturated heterocycles. The summed E-state index contributed by atoms with van der Waals surface area (Å²) < 4.78 is 70.3. The van der Waals surface area contributed by atoms with Crippen molar-refractivity contribution < 1.29 is 81.1 Å². The van der Waals surface area contributed by atoms with Gasteiger partial charge in [0, 0.05) is 19.5 Å². The first kappa shape index (κ1) is 55.7. The Labute approximate surface area is 344 Å². The Balaban J connectivity index is 3.28. The van der Waals surface area contributed by atoms with Gasteiger partial charge >= 0.3 is 12.1 Å². The third kappa shape index (κ3) is 44.8. The zero-order chi connectivity index (χ0) is 42.6. The molecule has 0 aliphatic heterocycles. The average molecular weight is 846 g/mol. The van der Waals surface area contributed by atoms with Crippen LogP contribution in [0.25, 0.3) is 0 Å². The van der Waals surface area contributed by atoms with Gasteiger partial charge in [-0.2, -0.15) is 0 Å². The third-order valence-corrected chi connectivity index (χ3v) is 7.06. The van der Waals surface area contributed by atoms with E-state index in [0.29, 0.717) is 178 Å². The van der Waals surface area contributed by atoms with Gasteiger partial charge in [0.05, 0.1) is 159 Å². The van der Waals surface area contributed by atoms with Crippen LogP contribution in [0.3, 0.4) is 0 Å². The van der Waals surface area contributed by atoms with E-state index >= 15 is 0 Å². The van der Waals surface area contributed by atoms with Crippen LogP contribution in [0.5, 0.6) is 0 Å². The maximum absolute atomic E-state index is 12.0. The topological polar surface area (TPSA) is 242 Å². The number of hydrogen-bond acceptors (Lipinski definition) is 17. The molecule has 1 atom stereocenters. The zero-order valence-corrected chi connectivity index (χ0v) is 35.3. The van der Waals surface area contributed by atoms with Gasteiger partial charge in [-0.15, -0.1) is 0 Å². The molecule has 0 bridgehead atoms. The Hall–Kier alpha value is -2.31. The second kappa shape index (κ2) is 42.8. The molecular formula is C38H75N3O17. The van der Waals surface area contributed by atoms with Gasteiger partial charge in [0.1, 0.15) is 11.6 Å². The number of carbonyl (C=O) groups excluding carboxylic acids is 2. The molecule has 0 rings (SSSR count). The van der Waals surface area contributed by atoms with Crippen molar-refractivity contribution in [2.24, 2.45) is 5.73 Å². The normalized spacial score (nSPS) is 12.1. The van der Waals surface area contributed by atoms with Crippen molar-refractivity contribution in [3.63, 3.8) is 0 Å². The van der Waals surface area contributed by atoms with E-state index in [2.05, 4.69) is 10.6 Å². The summed E-state index contributed by atoms with van der Waals surface area (Å²) in [4.78, 5) is 35.2. The number of rotatable bonds is 45.